The van der Waals surface area contributed by atoms with Crippen LogP contribution in [0.5, 0.6) is 0 Å². The van der Waals surface area contributed by atoms with Crippen molar-refractivity contribution in [3.8, 4) is 0 Å². The molecule has 0 aromatic heterocycles. The van der Waals surface area contributed by atoms with Crippen LogP contribution in [-0.4, -0.2) is 25.7 Å². The van der Waals surface area contributed by atoms with Crippen LogP contribution >= 0.6 is 0 Å². The maximum Gasteiger partial charge on any atom is 0.254 e. The average Bonchev–Trinajstić information content (AvgIpc) is 2.83. The van der Waals surface area contributed by atoms with Crippen molar-refractivity contribution >= 4 is 11.6 Å². The van der Waals surface area contributed by atoms with Crippen molar-refractivity contribution in [2.75, 3.05) is 25.5 Å². The summed E-state index contributed by atoms with van der Waals surface area (Å²) in [5, 5.41) is 2.56. The molecule has 3 N–H and O–H groups in total. The Morgan fingerprint density at radius 2 is 2.28 bits per heavy atom. The maximum atomic E-state index is 13.6. The van der Waals surface area contributed by atoms with E-state index >= 15 is 0 Å². The highest BCUT2D eigenvalue weighted by molar-refractivity contribution is 5.95. The quantitative estimate of drug-likeness (QED) is 0.801. The van der Waals surface area contributed by atoms with Crippen molar-refractivity contribution < 1.29 is 18.3 Å². The first-order chi connectivity index (χ1) is 8.58. The smallest absolute Gasteiger partial charge is 0.254 e. The van der Waals surface area contributed by atoms with Crippen LogP contribution in [0.2, 0.25) is 0 Å². The highest BCUT2D eigenvalue weighted by Crippen LogP contribution is 2.18. The topological polar surface area (TPSA) is 64.4 Å². The molecule has 0 bridgehead atoms. The summed E-state index contributed by atoms with van der Waals surface area (Å²) in [6.07, 6.45) is 0.855. The second-order valence-corrected chi connectivity index (χ2v) is 4.30. The highest BCUT2D eigenvalue weighted by atomic mass is 19.1. The van der Waals surface area contributed by atoms with Gasteiger partial charge in [0.1, 0.15) is 5.82 Å². The van der Waals surface area contributed by atoms with E-state index in [1.165, 1.54) is 0 Å². The van der Waals surface area contributed by atoms with Crippen molar-refractivity contribution in [1.82, 2.24) is 5.32 Å². The fourth-order valence-corrected chi connectivity index (χ4v) is 1.85. The first-order valence-corrected chi connectivity index (χ1v) is 5.68. The Morgan fingerprint density at radius 1 is 1.50 bits per heavy atom. The summed E-state index contributed by atoms with van der Waals surface area (Å²) in [7, 11) is 0. The molecule has 1 aliphatic heterocycles. The molecular formula is C12H14F2N2O2. The van der Waals surface area contributed by atoms with Gasteiger partial charge in [-0.25, -0.2) is 8.78 Å². The zero-order chi connectivity index (χ0) is 13.1. The van der Waals surface area contributed by atoms with Gasteiger partial charge >= 0.3 is 0 Å². The molecule has 6 heteroatoms. The highest BCUT2D eigenvalue weighted by Gasteiger charge is 2.19. The van der Waals surface area contributed by atoms with Crippen LogP contribution in [0.25, 0.3) is 0 Å². The molecule has 0 spiro atoms. The van der Waals surface area contributed by atoms with E-state index in [0.717, 1.165) is 18.6 Å². The van der Waals surface area contributed by atoms with Gasteiger partial charge in [-0.15, -0.1) is 0 Å². The van der Waals surface area contributed by atoms with Gasteiger partial charge in [0.25, 0.3) is 5.91 Å². The minimum absolute atomic E-state index is 0.225. The lowest BCUT2D eigenvalue weighted by atomic mass is 10.1. The lowest BCUT2D eigenvalue weighted by molar-refractivity contribution is 0.0940. The summed E-state index contributed by atoms with van der Waals surface area (Å²) >= 11 is 0. The second-order valence-electron chi connectivity index (χ2n) is 4.30. The van der Waals surface area contributed by atoms with Crippen molar-refractivity contribution in [1.29, 1.82) is 0 Å². The molecule has 4 nitrogen and oxygen atoms in total. The number of benzene rings is 1. The van der Waals surface area contributed by atoms with Crippen molar-refractivity contribution in [2.24, 2.45) is 5.92 Å². The van der Waals surface area contributed by atoms with Crippen LogP contribution in [0.1, 0.15) is 16.8 Å². The van der Waals surface area contributed by atoms with E-state index in [-0.39, 0.29) is 17.2 Å². The number of nitrogens with two attached hydrogens (primary N) is 1. The van der Waals surface area contributed by atoms with Crippen molar-refractivity contribution in [2.45, 2.75) is 6.42 Å². The minimum atomic E-state index is -0.892. The number of hydrogen-bond donors (Lipinski definition) is 2. The molecule has 1 aromatic carbocycles. The van der Waals surface area contributed by atoms with Gasteiger partial charge < -0.3 is 15.8 Å². The summed E-state index contributed by atoms with van der Waals surface area (Å²) in [4.78, 5) is 11.7. The van der Waals surface area contributed by atoms with E-state index in [1.54, 1.807) is 0 Å². The van der Waals surface area contributed by atoms with Gasteiger partial charge in [0, 0.05) is 19.1 Å². The molecule has 1 amide bonds. The summed E-state index contributed by atoms with van der Waals surface area (Å²) in [6, 6.07) is 1.68. The van der Waals surface area contributed by atoms with E-state index in [0.29, 0.717) is 19.8 Å². The summed E-state index contributed by atoms with van der Waals surface area (Å²) in [6.45, 7) is 1.63. The fourth-order valence-electron chi connectivity index (χ4n) is 1.85. The monoisotopic (exact) mass is 256 g/mol. The van der Waals surface area contributed by atoms with E-state index in [2.05, 4.69) is 5.32 Å². The molecule has 1 atom stereocenters. The number of carbonyl (C=O) groups excluding carboxylic acids is 1. The molecule has 0 saturated carbocycles. The molecule has 1 fully saturated rings. The molecule has 18 heavy (non-hydrogen) atoms. The summed E-state index contributed by atoms with van der Waals surface area (Å²) in [5.41, 5.74) is 4.52. The first kappa shape index (κ1) is 12.8. The molecule has 1 saturated heterocycles. The number of carbonyl (C=O) groups is 1. The molecule has 1 heterocycles. The zero-order valence-electron chi connectivity index (χ0n) is 9.71. The normalized spacial score (nSPS) is 18.9. The Bertz CT molecular complexity index is 460. The van der Waals surface area contributed by atoms with E-state index in [9.17, 15) is 13.6 Å². The first-order valence-electron chi connectivity index (χ1n) is 5.68. The average molecular weight is 256 g/mol. The molecule has 2 rings (SSSR count). The zero-order valence-corrected chi connectivity index (χ0v) is 9.71. The lowest BCUT2D eigenvalue weighted by Crippen LogP contribution is -2.30. The number of halogens is 2. The Hall–Kier alpha value is -1.69. The van der Waals surface area contributed by atoms with Gasteiger partial charge in [0.2, 0.25) is 0 Å². The van der Waals surface area contributed by atoms with Crippen LogP contribution in [-0.2, 0) is 4.74 Å². The molecule has 0 aliphatic carbocycles. The molecule has 1 unspecified atom stereocenters. The van der Waals surface area contributed by atoms with E-state index < -0.39 is 17.5 Å². The predicted octanol–water partition coefficient (Wildman–Crippen LogP) is 1.31. The number of nitrogens with one attached hydrogen (secondary N) is 1. The molecule has 1 aliphatic rings. The van der Waals surface area contributed by atoms with Gasteiger partial charge in [0.15, 0.2) is 5.82 Å². The Kier molecular flexibility index (Phi) is 3.76. The van der Waals surface area contributed by atoms with Crippen LogP contribution in [0.3, 0.4) is 0 Å². The van der Waals surface area contributed by atoms with Crippen molar-refractivity contribution in [3.05, 3.63) is 29.3 Å². The summed E-state index contributed by atoms with van der Waals surface area (Å²) < 4.78 is 31.8. The Labute approximate surface area is 103 Å². The van der Waals surface area contributed by atoms with E-state index in [1.807, 2.05) is 0 Å². The third kappa shape index (κ3) is 2.76. The molecule has 0 radical (unpaired) electrons. The van der Waals surface area contributed by atoms with Gasteiger partial charge in [-0.1, -0.05) is 0 Å². The molecule has 98 valence electrons. The standard InChI is InChI=1S/C12H14F2N2O2/c13-8-3-9(11(14)10(15)4-8)12(17)16-5-7-1-2-18-6-7/h3-4,7H,1-2,5-6,15H2,(H,16,17). The maximum absolute atomic E-state index is 13.6. The predicted molar refractivity (Wildman–Crippen MR) is 62.0 cm³/mol. The molecule has 1 aromatic rings. The van der Waals surface area contributed by atoms with Crippen LogP contribution in [0.15, 0.2) is 12.1 Å². The SMILES string of the molecule is Nc1cc(F)cc(C(=O)NCC2CCOC2)c1F. The van der Waals surface area contributed by atoms with Gasteiger partial charge in [-0.3, -0.25) is 4.79 Å². The van der Waals surface area contributed by atoms with Gasteiger partial charge in [-0.05, 0) is 18.6 Å². The van der Waals surface area contributed by atoms with E-state index in [4.69, 9.17) is 10.5 Å². The second kappa shape index (κ2) is 5.30. The lowest BCUT2D eigenvalue weighted by Gasteiger charge is -2.10. The third-order valence-corrected chi connectivity index (χ3v) is 2.89. The number of ether oxygens (including phenoxy) is 1. The number of hydrogen-bond acceptors (Lipinski definition) is 3. The third-order valence-electron chi connectivity index (χ3n) is 2.89. The number of nitrogen functional groups attached to an aromatic ring is 1. The number of rotatable bonds is 3. The van der Waals surface area contributed by atoms with Crippen molar-refractivity contribution in [3.63, 3.8) is 0 Å². The number of amides is 1. The molecular weight excluding hydrogens is 242 g/mol. The summed E-state index contributed by atoms with van der Waals surface area (Å²) in [5.74, 6) is -2.06. The Morgan fingerprint density at radius 3 is 2.94 bits per heavy atom. The fraction of sp³-hybridized carbons (Fsp3) is 0.417. The van der Waals surface area contributed by atoms with Crippen LogP contribution in [0, 0.1) is 17.6 Å². The van der Waals surface area contributed by atoms with Gasteiger partial charge in [-0.2, -0.15) is 0 Å². The minimum Gasteiger partial charge on any atom is -0.396 e. The van der Waals surface area contributed by atoms with Crippen LogP contribution in [0.4, 0.5) is 14.5 Å². The number of anilines is 1. The van der Waals surface area contributed by atoms with Gasteiger partial charge in [0.05, 0.1) is 17.9 Å². The van der Waals surface area contributed by atoms with Crippen LogP contribution < -0.4 is 11.1 Å². The largest absolute Gasteiger partial charge is 0.396 e. The Balaban J connectivity index is 2.04.